The SMILES string of the molecule is CCCCCCCCCCC(O)C1C=CC2C(=O)N(C)C(=O)C2N1Nc1ccccc1. The topological polar surface area (TPSA) is 72.9 Å². The fourth-order valence-corrected chi connectivity index (χ4v) is 4.59. The number of nitrogens with zero attached hydrogens (tertiary/aromatic N) is 2. The van der Waals surface area contributed by atoms with Crippen LogP contribution in [0.3, 0.4) is 0 Å². The van der Waals surface area contributed by atoms with Gasteiger partial charge in [0.1, 0.15) is 6.04 Å². The summed E-state index contributed by atoms with van der Waals surface area (Å²) >= 11 is 0. The van der Waals surface area contributed by atoms with E-state index in [9.17, 15) is 14.7 Å². The largest absolute Gasteiger partial charge is 0.391 e. The van der Waals surface area contributed by atoms with E-state index in [-0.39, 0.29) is 17.9 Å². The lowest BCUT2D eigenvalue weighted by molar-refractivity contribution is -0.138. The Kier molecular flexibility index (Phi) is 8.67. The van der Waals surface area contributed by atoms with Gasteiger partial charge in [-0.1, -0.05) is 88.6 Å². The van der Waals surface area contributed by atoms with Crippen LogP contribution in [-0.4, -0.2) is 52.1 Å². The second-order valence-corrected chi connectivity index (χ2v) is 8.80. The van der Waals surface area contributed by atoms with Crippen LogP contribution in [0.15, 0.2) is 42.5 Å². The van der Waals surface area contributed by atoms with E-state index >= 15 is 0 Å². The van der Waals surface area contributed by atoms with Crippen molar-refractivity contribution in [2.24, 2.45) is 5.92 Å². The van der Waals surface area contributed by atoms with E-state index in [0.29, 0.717) is 6.42 Å². The first kappa shape index (κ1) is 23.5. The number of aliphatic hydroxyl groups excluding tert-OH is 1. The maximum atomic E-state index is 12.8. The molecule has 0 aliphatic carbocycles. The number of rotatable bonds is 12. The number of unbranched alkanes of at least 4 members (excludes halogenated alkanes) is 7. The van der Waals surface area contributed by atoms with Gasteiger partial charge >= 0.3 is 0 Å². The van der Waals surface area contributed by atoms with Gasteiger partial charge < -0.3 is 10.5 Å². The van der Waals surface area contributed by atoms with Crippen LogP contribution >= 0.6 is 0 Å². The number of carbonyl (C=O) groups excluding carboxylic acids is 2. The average Bonchev–Trinajstić information content (AvgIpc) is 3.00. The number of para-hydroxylation sites is 1. The molecular weight excluding hydrogens is 390 g/mol. The second-order valence-electron chi connectivity index (χ2n) is 8.80. The summed E-state index contributed by atoms with van der Waals surface area (Å²) in [5.41, 5.74) is 4.14. The molecule has 0 bridgehead atoms. The zero-order chi connectivity index (χ0) is 22.2. The van der Waals surface area contributed by atoms with Crippen molar-refractivity contribution in [1.82, 2.24) is 9.91 Å². The number of hydrazine groups is 1. The Morgan fingerprint density at radius 3 is 2.26 bits per heavy atom. The number of likely N-dealkylation sites (N-methyl/N-ethyl adjacent to an activating group) is 1. The average molecular weight is 428 g/mol. The number of benzene rings is 1. The van der Waals surface area contributed by atoms with Crippen molar-refractivity contribution in [3.63, 3.8) is 0 Å². The summed E-state index contributed by atoms with van der Waals surface area (Å²) < 4.78 is 0. The van der Waals surface area contributed by atoms with Crippen molar-refractivity contribution >= 4 is 17.5 Å². The van der Waals surface area contributed by atoms with Gasteiger partial charge in [0.25, 0.3) is 0 Å². The fourth-order valence-electron chi connectivity index (χ4n) is 4.59. The number of aliphatic hydroxyl groups is 1. The molecular formula is C25H37N3O3. The van der Waals surface area contributed by atoms with E-state index in [1.54, 1.807) is 11.1 Å². The van der Waals surface area contributed by atoms with Crippen molar-refractivity contribution < 1.29 is 14.7 Å². The van der Waals surface area contributed by atoms with Crippen molar-refractivity contribution in [2.45, 2.75) is 82.9 Å². The Labute approximate surface area is 186 Å². The number of hydrogen-bond acceptors (Lipinski definition) is 5. The zero-order valence-corrected chi connectivity index (χ0v) is 18.9. The van der Waals surface area contributed by atoms with Crippen LogP contribution in [0.1, 0.15) is 64.7 Å². The summed E-state index contributed by atoms with van der Waals surface area (Å²) in [6.07, 6.45) is 13.5. The first-order chi connectivity index (χ1) is 15.0. The predicted molar refractivity (Wildman–Crippen MR) is 123 cm³/mol. The molecule has 170 valence electrons. The smallest absolute Gasteiger partial charge is 0.249 e. The number of hydrogen-bond donors (Lipinski definition) is 2. The highest BCUT2D eigenvalue weighted by Gasteiger charge is 2.52. The summed E-state index contributed by atoms with van der Waals surface area (Å²) in [4.78, 5) is 26.5. The minimum Gasteiger partial charge on any atom is -0.391 e. The molecule has 2 aliphatic heterocycles. The minimum absolute atomic E-state index is 0.192. The first-order valence-electron chi connectivity index (χ1n) is 11.8. The number of carbonyl (C=O) groups is 2. The standard InChI is InChI=1S/C25H37N3O3/c1-3-4-5-6-7-8-9-13-16-22(29)21-18-17-20-23(25(31)27(2)24(20)30)28(21)26-19-14-11-10-12-15-19/h10-12,14-15,17-18,20-23,26,29H,3-9,13,16H2,1-2H3. The summed E-state index contributed by atoms with van der Waals surface area (Å²) in [6, 6.07) is 8.59. The predicted octanol–water partition coefficient (Wildman–Crippen LogP) is 4.13. The summed E-state index contributed by atoms with van der Waals surface area (Å²) in [5, 5.41) is 12.8. The zero-order valence-electron chi connectivity index (χ0n) is 18.9. The molecule has 3 rings (SSSR count). The molecule has 6 heteroatoms. The molecule has 0 spiro atoms. The molecule has 4 atom stereocenters. The van der Waals surface area contributed by atoms with E-state index in [1.807, 2.05) is 36.4 Å². The monoisotopic (exact) mass is 427 g/mol. The highest BCUT2D eigenvalue weighted by atomic mass is 16.3. The Morgan fingerprint density at radius 1 is 0.935 bits per heavy atom. The molecule has 2 heterocycles. The van der Waals surface area contributed by atoms with E-state index < -0.39 is 18.1 Å². The molecule has 1 fully saturated rings. The molecule has 0 radical (unpaired) electrons. The number of fused-ring (bicyclic) bond motifs is 1. The van der Waals surface area contributed by atoms with Gasteiger partial charge in [-0.05, 0) is 18.6 Å². The number of amides is 2. The number of imide groups is 1. The summed E-state index contributed by atoms with van der Waals surface area (Å²) in [6.45, 7) is 2.23. The first-order valence-corrected chi connectivity index (χ1v) is 11.8. The van der Waals surface area contributed by atoms with E-state index in [2.05, 4.69) is 12.3 Å². The molecule has 1 aromatic carbocycles. The maximum Gasteiger partial charge on any atom is 0.249 e. The highest BCUT2D eigenvalue weighted by Crippen LogP contribution is 2.33. The van der Waals surface area contributed by atoms with Crippen molar-refractivity contribution in [2.75, 3.05) is 12.5 Å². The second kappa shape index (κ2) is 11.4. The fraction of sp³-hybridized carbons (Fsp3) is 0.600. The van der Waals surface area contributed by atoms with Gasteiger partial charge in [0.2, 0.25) is 11.8 Å². The van der Waals surface area contributed by atoms with Gasteiger partial charge in [0, 0.05) is 12.7 Å². The lowest BCUT2D eigenvalue weighted by Gasteiger charge is -2.40. The Bertz CT molecular complexity index is 752. The molecule has 1 aromatic rings. The Hall–Kier alpha value is -2.18. The van der Waals surface area contributed by atoms with Gasteiger partial charge in [-0.3, -0.25) is 14.5 Å². The van der Waals surface area contributed by atoms with Crippen LogP contribution in [0.2, 0.25) is 0 Å². The molecule has 4 unspecified atom stereocenters. The van der Waals surface area contributed by atoms with Gasteiger partial charge in [0.15, 0.2) is 0 Å². The van der Waals surface area contributed by atoms with Gasteiger partial charge in [0.05, 0.1) is 18.1 Å². The minimum atomic E-state index is -0.638. The number of anilines is 1. The van der Waals surface area contributed by atoms with E-state index in [4.69, 9.17) is 0 Å². The molecule has 6 nitrogen and oxygen atoms in total. The van der Waals surface area contributed by atoms with Crippen LogP contribution in [0.4, 0.5) is 5.69 Å². The van der Waals surface area contributed by atoms with Crippen LogP contribution < -0.4 is 5.43 Å². The van der Waals surface area contributed by atoms with E-state index in [0.717, 1.165) is 18.5 Å². The van der Waals surface area contributed by atoms with Gasteiger partial charge in [-0.15, -0.1) is 0 Å². The Morgan fingerprint density at radius 2 is 1.58 bits per heavy atom. The molecule has 0 saturated carbocycles. The van der Waals surface area contributed by atoms with E-state index in [1.165, 1.54) is 50.5 Å². The molecule has 1 saturated heterocycles. The van der Waals surface area contributed by atoms with Gasteiger partial charge in [-0.2, -0.15) is 0 Å². The Balaban J connectivity index is 1.62. The molecule has 2 amide bonds. The lowest BCUT2D eigenvalue weighted by Crippen LogP contribution is -2.57. The third kappa shape index (κ3) is 5.74. The lowest BCUT2D eigenvalue weighted by atomic mass is 9.91. The van der Waals surface area contributed by atoms with Crippen LogP contribution in [0, 0.1) is 5.92 Å². The van der Waals surface area contributed by atoms with Crippen molar-refractivity contribution in [3.05, 3.63) is 42.5 Å². The number of nitrogens with one attached hydrogen (secondary N) is 1. The third-order valence-corrected chi connectivity index (χ3v) is 6.46. The summed E-state index contributed by atoms with van der Waals surface area (Å²) in [5.74, 6) is -0.936. The highest BCUT2D eigenvalue weighted by molar-refractivity contribution is 6.08. The van der Waals surface area contributed by atoms with Gasteiger partial charge in [-0.25, -0.2) is 5.01 Å². The molecule has 2 aliphatic rings. The molecule has 31 heavy (non-hydrogen) atoms. The van der Waals surface area contributed by atoms with Crippen LogP contribution in [0.5, 0.6) is 0 Å². The molecule has 2 N–H and O–H groups in total. The van der Waals surface area contributed by atoms with Crippen LogP contribution in [-0.2, 0) is 9.59 Å². The number of likely N-dealkylation sites (tertiary alicyclic amines) is 1. The third-order valence-electron chi connectivity index (χ3n) is 6.46. The van der Waals surface area contributed by atoms with Crippen LogP contribution in [0.25, 0.3) is 0 Å². The maximum absolute atomic E-state index is 12.8. The van der Waals surface area contributed by atoms with Crippen molar-refractivity contribution in [3.8, 4) is 0 Å². The summed E-state index contributed by atoms with van der Waals surface area (Å²) in [7, 11) is 1.53. The van der Waals surface area contributed by atoms with Crippen molar-refractivity contribution in [1.29, 1.82) is 0 Å². The molecule has 0 aromatic heterocycles. The quantitative estimate of drug-likeness (QED) is 0.298. The normalized spacial score (nSPS) is 24.5.